The van der Waals surface area contributed by atoms with E-state index in [-0.39, 0.29) is 0 Å². The van der Waals surface area contributed by atoms with Crippen LogP contribution in [0, 0.1) is 11.3 Å². The quantitative estimate of drug-likeness (QED) is 0.544. The maximum atomic E-state index is 2.43. The summed E-state index contributed by atoms with van der Waals surface area (Å²) in [5, 5.41) is 0. The molecule has 0 fully saturated rings. The van der Waals surface area contributed by atoms with Crippen molar-refractivity contribution in [1.82, 2.24) is 0 Å². The van der Waals surface area contributed by atoms with E-state index in [0.717, 1.165) is 5.92 Å². The molecular formula is C13H24. The zero-order chi connectivity index (χ0) is 10.1. The zero-order valence-corrected chi connectivity index (χ0v) is 9.91. The van der Waals surface area contributed by atoms with Crippen LogP contribution in [0.1, 0.15) is 60.3 Å². The Hall–Kier alpha value is -0.260. The Kier molecular flexibility index (Phi) is 3.21. The van der Waals surface area contributed by atoms with Gasteiger partial charge in [-0.05, 0) is 25.7 Å². The van der Waals surface area contributed by atoms with Gasteiger partial charge in [0, 0.05) is 5.41 Å². The van der Waals surface area contributed by atoms with E-state index in [2.05, 4.69) is 34.6 Å². The minimum Gasteiger partial charge on any atom is -0.0654 e. The molecule has 2 unspecified atom stereocenters. The minimum atomic E-state index is 0.518. The van der Waals surface area contributed by atoms with Gasteiger partial charge in [0.25, 0.3) is 0 Å². The number of hydrogen-bond donors (Lipinski definition) is 0. The molecule has 13 heavy (non-hydrogen) atoms. The molecule has 0 aromatic carbocycles. The maximum absolute atomic E-state index is 2.43. The van der Waals surface area contributed by atoms with Gasteiger partial charge in [-0.25, -0.2) is 0 Å². The molecular weight excluding hydrogens is 156 g/mol. The van der Waals surface area contributed by atoms with Gasteiger partial charge in [0.15, 0.2) is 0 Å². The molecule has 0 bridgehead atoms. The predicted octanol–water partition coefficient (Wildman–Crippen LogP) is 4.56. The fraction of sp³-hybridized carbons (Fsp3) is 0.846. The highest BCUT2D eigenvalue weighted by molar-refractivity contribution is 5.47. The summed E-state index contributed by atoms with van der Waals surface area (Å²) in [7, 11) is 0. The predicted molar refractivity (Wildman–Crippen MR) is 59.8 cm³/mol. The van der Waals surface area contributed by atoms with Crippen LogP contribution in [0.5, 0.6) is 0 Å². The summed E-state index contributed by atoms with van der Waals surface area (Å²) in [6.07, 6.45) is 5.38. The van der Waals surface area contributed by atoms with Gasteiger partial charge in [0.05, 0.1) is 0 Å². The largest absolute Gasteiger partial charge is 0.0654 e. The molecule has 0 heterocycles. The number of allylic oxidation sites excluding steroid dienone is 2. The lowest BCUT2D eigenvalue weighted by molar-refractivity contribution is 0.344. The average molecular weight is 180 g/mol. The third-order valence-corrected chi connectivity index (χ3v) is 4.13. The summed E-state index contributed by atoms with van der Waals surface area (Å²) in [5.41, 5.74) is 3.93. The average Bonchev–Trinajstić information content (AvgIpc) is 2.66. The van der Waals surface area contributed by atoms with Crippen LogP contribution in [0.3, 0.4) is 0 Å². The van der Waals surface area contributed by atoms with Crippen LogP contribution in [0.15, 0.2) is 11.1 Å². The van der Waals surface area contributed by atoms with Gasteiger partial charge in [-0.15, -0.1) is 0 Å². The molecule has 0 radical (unpaired) electrons. The summed E-state index contributed by atoms with van der Waals surface area (Å²) < 4.78 is 0. The van der Waals surface area contributed by atoms with Crippen molar-refractivity contribution in [2.24, 2.45) is 11.3 Å². The molecule has 1 aliphatic rings. The van der Waals surface area contributed by atoms with Crippen molar-refractivity contribution in [3.8, 4) is 0 Å². The number of hydrogen-bond acceptors (Lipinski definition) is 0. The Morgan fingerprint density at radius 2 is 1.92 bits per heavy atom. The van der Waals surface area contributed by atoms with E-state index in [1.54, 1.807) is 11.1 Å². The van der Waals surface area contributed by atoms with Gasteiger partial charge in [-0.3, -0.25) is 0 Å². The lowest BCUT2D eigenvalue weighted by Gasteiger charge is -2.22. The highest BCUT2D eigenvalue weighted by Crippen LogP contribution is 2.59. The molecule has 0 aromatic rings. The van der Waals surface area contributed by atoms with Gasteiger partial charge < -0.3 is 0 Å². The molecule has 0 nitrogen and oxygen atoms in total. The molecule has 0 saturated carbocycles. The second-order valence-corrected chi connectivity index (χ2v) is 4.70. The van der Waals surface area contributed by atoms with E-state index in [1.807, 2.05) is 0 Å². The lowest BCUT2D eigenvalue weighted by atomic mass is 9.82. The lowest BCUT2D eigenvalue weighted by Crippen LogP contribution is -2.14. The van der Waals surface area contributed by atoms with Crippen LogP contribution in [-0.2, 0) is 0 Å². The molecule has 0 spiro atoms. The number of rotatable bonds is 5. The van der Waals surface area contributed by atoms with Gasteiger partial charge in [0.1, 0.15) is 0 Å². The topological polar surface area (TPSA) is 0 Å². The molecule has 2 atom stereocenters. The Labute approximate surface area is 83.4 Å². The van der Waals surface area contributed by atoms with E-state index in [1.165, 1.54) is 25.7 Å². The first-order chi connectivity index (χ1) is 6.08. The van der Waals surface area contributed by atoms with Gasteiger partial charge in [0.2, 0.25) is 0 Å². The molecule has 76 valence electrons. The van der Waals surface area contributed by atoms with Crippen molar-refractivity contribution in [2.75, 3.05) is 0 Å². The van der Waals surface area contributed by atoms with Crippen LogP contribution in [-0.4, -0.2) is 0 Å². The van der Waals surface area contributed by atoms with Crippen LogP contribution in [0.25, 0.3) is 0 Å². The second kappa shape index (κ2) is 3.86. The molecule has 0 saturated heterocycles. The first-order valence-electron chi connectivity index (χ1n) is 5.79. The summed E-state index contributed by atoms with van der Waals surface area (Å²) in [6, 6.07) is 0. The van der Waals surface area contributed by atoms with E-state index in [0.29, 0.717) is 5.41 Å². The van der Waals surface area contributed by atoms with E-state index >= 15 is 0 Å². The molecule has 1 aliphatic carbocycles. The number of unbranched alkanes of at least 4 members (excludes halogenated alkanes) is 1. The van der Waals surface area contributed by atoms with E-state index < -0.39 is 0 Å². The van der Waals surface area contributed by atoms with Gasteiger partial charge >= 0.3 is 0 Å². The highest BCUT2D eigenvalue weighted by atomic mass is 14.5. The first-order valence-corrected chi connectivity index (χ1v) is 5.79. The normalized spacial score (nSPS) is 29.3. The van der Waals surface area contributed by atoms with Crippen LogP contribution >= 0.6 is 0 Å². The molecule has 0 heteroatoms. The summed E-state index contributed by atoms with van der Waals surface area (Å²) in [5.74, 6) is 0.863. The van der Waals surface area contributed by atoms with E-state index in [4.69, 9.17) is 0 Å². The van der Waals surface area contributed by atoms with Crippen molar-refractivity contribution >= 4 is 0 Å². The van der Waals surface area contributed by atoms with Crippen molar-refractivity contribution in [3.63, 3.8) is 0 Å². The standard InChI is InChI=1S/C13H24/c1-6-8-9-10(3)13(5)11(4)12(13)7-2/h10H,6-9H2,1-5H3. The van der Waals surface area contributed by atoms with Crippen LogP contribution < -0.4 is 0 Å². The second-order valence-electron chi connectivity index (χ2n) is 4.70. The molecule has 0 N–H and O–H groups in total. The monoisotopic (exact) mass is 180 g/mol. The van der Waals surface area contributed by atoms with E-state index in [9.17, 15) is 0 Å². The minimum absolute atomic E-state index is 0.518. The molecule has 1 rings (SSSR count). The van der Waals surface area contributed by atoms with Crippen LogP contribution in [0.4, 0.5) is 0 Å². The van der Waals surface area contributed by atoms with Gasteiger partial charge in [-0.2, -0.15) is 0 Å². The Bertz CT molecular complexity index is 212. The molecule has 0 amide bonds. The Balaban J connectivity index is 2.46. The third-order valence-electron chi connectivity index (χ3n) is 4.13. The van der Waals surface area contributed by atoms with Crippen molar-refractivity contribution in [1.29, 1.82) is 0 Å². The zero-order valence-electron chi connectivity index (χ0n) is 9.91. The van der Waals surface area contributed by atoms with Crippen LogP contribution in [0.2, 0.25) is 0 Å². The molecule has 0 aromatic heterocycles. The van der Waals surface area contributed by atoms with Crippen molar-refractivity contribution in [3.05, 3.63) is 11.1 Å². The highest BCUT2D eigenvalue weighted by Gasteiger charge is 2.47. The summed E-state index contributed by atoms with van der Waals surface area (Å²) in [4.78, 5) is 0. The smallest absolute Gasteiger partial charge is 0.0121 e. The fourth-order valence-corrected chi connectivity index (χ4v) is 2.73. The summed E-state index contributed by atoms with van der Waals surface area (Å²) in [6.45, 7) is 11.7. The molecule has 0 aliphatic heterocycles. The third kappa shape index (κ3) is 1.68. The van der Waals surface area contributed by atoms with Crippen molar-refractivity contribution in [2.45, 2.75) is 60.3 Å². The van der Waals surface area contributed by atoms with Gasteiger partial charge in [-0.1, -0.05) is 51.7 Å². The van der Waals surface area contributed by atoms with Crippen molar-refractivity contribution < 1.29 is 0 Å². The Morgan fingerprint density at radius 3 is 2.31 bits per heavy atom. The SMILES string of the molecule is CCCCC(C)C1(C)C(C)=C1CC. The Morgan fingerprint density at radius 1 is 1.31 bits per heavy atom. The summed E-state index contributed by atoms with van der Waals surface area (Å²) >= 11 is 0. The first kappa shape index (κ1) is 10.8. The maximum Gasteiger partial charge on any atom is 0.0121 e. The fourth-order valence-electron chi connectivity index (χ4n) is 2.73.